The van der Waals surface area contributed by atoms with Gasteiger partial charge in [-0.05, 0) is 26.0 Å². The van der Waals surface area contributed by atoms with Crippen molar-refractivity contribution in [2.24, 2.45) is 0 Å². The summed E-state index contributed by atoms with van der Waals surface area (Å²) >= 11 is 12.9. The van der Waals surface area contributed by atoms with Crippen molar-refractivity contribution in [1.29, 1.82) is 0 Å². The standard InChI is InChI=1S/C15H12Cl2N4O3S/c1-7-10(3-4-23-7)14-20-21-15(24-14)25-8(2)13(22)19-12-11(17)5-9(16)6-18-12/h3-6,8H,1-2H3,(H,18,19,22)/t8-/m0/s1. The summed E-state index contributed by atoms with van der Waals surface area (Å²) in [6, 6.07) is 3.24. The number of carbonyl (C=O) groups excluding carboxylic acids is 1. The Morgan fingerprint density at radius 1 is 1.36 bits per heavy atom. The van der Waals surface area contributed by atoms with Crippen LogP contribution in [0, 0.1) is 6.92 Å². The molecule has 0 aliphatic heterocycles. The molecule has 0 saturated heterocycles. The summed E-state index contributed by atoms with van der Waals surface area (Å²) in [4.78, 5) is 16.3. The molecule has 1 N–H and O–H groups in total. The van der Waals surface area contributed by atoms with Gasteiger partial charge in [0.2, 0.25) is 5.91 Å². The number of halogens is 2. The van der Waals surface area contributed by atoms with Gasteiger partial charge in [0.1, 0.15) is 5.76 Å². The Balaban J connectivity index is 1.66. The summed E-state index contributed by atoms with van der Waals surface area (Å²) in [5.41, 5.74) is 0.716. The van der Waals surface area contributed by atoms with E-state index in [1.54, 1.807) is 26.2 Å². The number of nitrogens with zero attached hydrogens (tertiary/aromatic N) is 3. The van der Waals surface area contributed by atoms with Gasteiger partial charge in [-0.1, -0.05) is 35.0 Å². The fraction of sp³-hybridized carbons (Fsp3) is 0.200. The maximum atomic E-state index is 12.3. The quantitative estimate of drug-likeness (QED) is 0.633. The summed E-state index contributed by atoms with van der Waals surface area (Å²) in [6.07, 6.45) is 2.94. The first-order valence-electron chi connectivity index (χ1n) is 7.10. The van der Waals surface area contributed by atoms with E-state index >= 15 is 0 Å². The van der Waals surface area contributed by atoms with Crippen LogP contribution >= 0.6 is 35.0 Å². The molecule has 1 atom stereocenters. The van der Waals surface area contributed by atoms with E-state index in [4.69, 9.17) is 32.0 Å². The Hall–Kier alpha value is -2.03. The van der Waals surface area contributed by atoms with Crippen LogP contribution in [0.3, 0.4) is 0 Å². The Kier molecular flexibility index (Phi) is 5.31. The molecule has 0 aliphatic rings. The topological polar surface area (TPSA) is 94.0 Å². The van der Waals surface area contributed by atoms with Crippen LogP contribution in [0.15, 0.2) is 38.6 Å². The smallest absolute Gasteiger partial charge is 0.277 e. The monoisotopic (exact) mass is 398 g/mol. The van der Waals surface area contributed by atoms with Gasteiger partial charge in [0.15, 0.2) is 5.82 Å². The maximum absolute atomic E-state index is 12.3. The highest BCUT2D eigenvalue weighted by atomic mass is 35.5. The Morgan fingerprint density at radius 2 is 2.16 bits per heavy atom. The third-order valence-electron chi connectivity index (χ3n) is 3.19. The molecule has 0 aromatic carbocycles. The lowest BCUT2D eigenvalue weighted by molar-refractivity contribution is -0.115. The number of rotatable bonds is 5. The van der Waals surface area contributed by atoms with Crippen LogP contribution in [0.1, 0.15) is 12.7 Å². The van der Waals surface area contributed by atoms with Gasteiger partial charge in [-0.25, -0.2) is 4.98 Å². The van der Waals surface area contributed by atoms with Crippen molar-refractivity contribution < 1.29 is 13.6 Å². The summed E-state index contributed by atoms with van der Waals surface area (Å²) in [6.45, 7) is 3.50. The third-order valence-corrected chi connectivity index (χ3v) is 4.62. The van der Waals surface area contributed by atoms with Crippen molar-refractivity contribution in [3.05, 3.63) is 40.4 Å². The number of nitrogens with one attached hydrogen (secondary N) is 1. The zero-order valence-corrected chi connectivity index (χ0v) is 15.4. The number of anilines is 1. The molecule has 0 unspecified atom stereocenters. The minimum absolute atomic E-state index is 0.240. The predicted octanol–water partition coefficient (Wildman–Crippen LogP) is 4.46. The second kappa shape index (κ2) is 7.47. The molecule has 25 heavy (non-hydrogen) atoms. The molecule has 10 heteroatoms. The van der Waals surface area contributed by atoms with E-state index in [-0.39, 0.29) is 22.0 Å². The first kappa shape index (κ1) is 17.8. The number of hydrogen-bond acceptors (Lipinski definition) is 7. The Morgan fingerprint density at radius 3 is 2.84 bits per heavy atom. The summed E-state index contributed by atoms with van der Waals surface area (Å²) in [5.74, 6) is 0.947. The van der Waals surface area contributed by atoms with Crippen molar-refractivity contribution in [3.63, 3.8) is 0 Å². The number of pyridine rings is 1. The number of amides is 1. The molecular formula is C15H12Cl2N4O3S. The van der Waals surface area contributed by atoms with Crippen LogP contribution in [0.25, 0.3) is 11.5 Å². The van der Waals surface area contributed by atoms with Crippen LogP contribution in [0.5, 0.6) is 0 Å². The molecule has 130 valence electrons. The number of furan rings is 1. The molecule has 0 bridgehead atoms. The van der Waals surface area contributed by atoms with Crippen LogP contribution in [-0.4, -0.2) is 26.3 Å². The van der Waals surface area contributed by atoms with Crippen LogP contribution in [-0.2, 0) is 4.79 Å². The summed E-state index contributed by atoms with van der Waals surface area (Å²) < 4.78 is 10.8. The lowest BCUT2D eigenvalue weighted by Gasteiger charge is -2.10. The highest BCUT2D eigenvalue weighted by Gasteiger charge is 2.21. The Bertz CT molecular complexity index is 912. The van der Waals surface area contributed by atoms with Gasteiger partial charge in [-0.3, -0.25) is 4.79 Å². The number of aryl methyl sites for hydroxylation is 1. The van der Waals surface area contributed by atoms with Gasteiger partial charge in [0, 0.05) is 6.20 Å². The van der Waals surface area contributed by atoms with E-state index in [2.05, 4.69) is 20.5 Å². The van der Waals surface area contributed by atoms with E-state index in [0.29, 0.717) is 22.2 Å². The van der Waals surface area contributed by atoms with Crippen molar-refractivity contribution in [2.75, 3.05) is 5.32 Å². The average molecular weight is 399 g/mol. The van der Waals surface area contributed by atoms with Crippen LogP contribution in [0.4, 0.5) is 5.82 Å². The molecule has 3 aromatic rings. The van der Waals surface area contributed by atoms with Crippen molar-refractivity contribution in [1.82, 2.24) is 15.2 Å². The normalized spacial score (nSPS) is 12.2. The van der Waals surface area contributed by atoms with E-state index in [0.717, 1.165) is 11.8 Å². The molecule has 1 amide bonds. The van der Waals surface area contributed by atoms with Gasteiger partial charge in [0.25, 0.3) is 11.1 Å². The second-order valence-electron chi connectivity index (χ2n) is 5.00. The number of aromatic nitrogens is 3. The van der Waals surface area contributed by atoms with Crippen LogP contribution < -0.4 is 5.32 Å². The first-order chi connectivity index (χ1) is 11.9. The lowest BCUT2D eigenvalue weighted by Crippen LogP contribution is -2.23. The first-order valence-corrected chi connectivity index (χ1v) is 8.74. The van der Waals surface area contributed by atoms with Gasteiger partial charge in [-0.2, -0.15) is 0 Å². The van der Waals surface area contributed by atoms with Crippen molar-refractivity contribution in [3.8, 4) is 11.5 Å². The summed E-state index contributed by atoms with van der Waals surface area (Å²) in [7, 11) is 0. The molecule has 0 fully saturated rings. The van der Waals surface area contributed by atoms with Gasteiger partial charge in [0.05, 0.1) is 27.1 Å². The number of hydrogen-bond donors (Lipinski definition) is 1. The molecule has 0 radical (unpaired) electrons. The highest BCUT2D eigenvalue weighted by Crippen LogP contribution is 2.29. The molecule has 0 spiro atoms. The van der Waals surface area contributed by atoms with Gasteiger partial charge < -0.3 is 14.2 Å². The fourth-order valence-corrected chi connectivity index (χ4v) is 3.01. The summed E-state index contributed by atoms with van der Waals surface area (Å²) in [5, 5.41) is 10.9. The minimum Gasteiger partial charge on any atom is -0.469 e. The van der Waals surface area contributed by atoms with Gasteiger partial charge >= 0.3 is 0 Å². The molecule has 0 aliphatic carbocycles. The SMILES string of the molecule is Cc1occc1-c1nnc(S[C@@H](C)C(=O)Nc2ncc(Cl)cc2Cl)o1. The third kappa shape index (κ3) is 4.15. The van der Waals surface area contributed by atoms with E-state index in [9.17, 15) is 4.79 Å². The highest BCUT2D eigenvalue weighted by molar-refractivity contribution is 8.00. The zero-order valence-electron chi connectivity index (χ0n) is 13.1. The van der Waals surface area contributed by atoms with E-state index in [1.165, 1.54) is 12.3 Å². The van der Waals surface area contributed by atoms with E-state index < -0.39 is 5.25 Å². The Labute approximate surface area is 157 Å². The molecule has 0 saturated carbocycles. The lowest BCUT2D eigenvalue weighted by atomic mass is 10.3. The second-order valence-corrected chi connectivity index (χ2v) is 7.13. The molecular weight excluding hydrogens is 387 g/mol. The molecule has 3 aromatic heterocycles. The van der Waals surface area contributed by atoms with Crippen molar-refractivity contribution in [2.45, 2.75) is 24.3 Å². The van der Waals surface area contributed by atoms with E-state index in [1.807, 2.05) is 0 Å². The molecule has 3 rings (SSSR count). The average Bonchev–Trinajstić information content (AvgIpc) is 3.18. The van der Waals surface area contributed by atoms with Gasteiger partial charge in [-0.15, -0.1) is 10.2 Å². The predicted molar refractivity (Wildman–Crippen MR) is 94.9 cm³/mol. The van der Waals surface area contributed by atoms with Crippen molar-refractivity contribution >= 4 is 46.7 Å². The largest absolute Gasteiger partial charge is 0.469 e. The number of thioether (sulfide) groups is 1. The number of carbonyl (C=O) groups is 1. The van der Waals surface area contributed by atoms with Crippen LogP contribution in [0.2, 0.25) is 10.0 Å². The minimum atomic E-state index is -0.507. The zero-order chi connectivity index (χ0) is 18.0. The maximum Gasteiger partial charge on any atom is 0.277 e. The molecule has 3 heterocycles. The molecule has 7 nitrogen and oxygen atoms in total. The fourth-order valence-electron chi connectivity index (χ4n) is 1.90.